The molecule has 1 saturated heterocycles. The van der Waals surface area contributed by atoms with Crippen molar-refractivity contribution in [3.05, 3.63) is 48.2 Å². The first-order valence-electron chi connectivity index (χ1n) is 8.89. The van der Waals surface area contributed by atoms with Gasteiger partial charge in [-0.25, -0.2) is 13.4 Å². The van der Waals surface area contributed by atoms with Gasteiger partial charge in [0.25, 0.3) is 5.91 Å². The molecule has 2 aromatic rings. The molecule has 0 saturated carbocycles. The molecule has 1 aromatic carbocycles. The number of rotatable bonds is 4. The molecule has 2 heterocycles. The van der Waals surface area contributed by atoms with E-state index < -0.39 is 10.0 Å². The molecule has 1 fully saturated rings. The van der Waals surface area contributed by atoms with E-state index in [2.05, 4.69) is 24.1 Å². The zero-order valence-electron chi connectivity index (χ0n) is 15.8. The van der Waals surface area contributed by atoms with Gasteiger partial charge in [0.05, 0.1) is 16.8 Å². The molecule has 0 spiro atoms. The molecule has 0 bridgehead atoms. The van der Waals surface area contributed by atoms with E-state index in [4.69, 9.17) is 5.73 Å². The number of amides is 1. The maximum absolute atomic E-state index is 12.9. The Bertz CT molecular complexity index is 907. The zero-order valence-corrected chi connectivity index (χ0v) is 17.5. The van der Waals surface area contributed by atoms with Crippen molar-refractivity contribution in [2.24, 2.45) is 11.8 Å². The molecule has 152 valence electrons. The number of nitrogens with one attached hydrogen (secondary N) is 1. The average molecular weight is 425 g/mol. The average Bonchev–Trinajstić information content (AvgIpc) is 2.63. The van der Waals surface area contributed by atoms with Crippen LogP contribution in [-0.2, 0) is 10.0 Å². The lowest BCUT2D eigenvalue weighted by molar-refractivity contribution is 0.102. The van der Waals surface area contributed by atoms with Crippen molar-refractivity contribution in [1.29, 1.82) is 0 Å². The van der Waals surface area contributed by atoms with Gasteiger partial charge in [-0.15, -0.1) is 12.4 Å². The second-order valence-corrected chi connectivity index (χ2v) is 9.16. The van der Waals surface area contributed by atoms with Crippen LogP contribution in [0.5, 0.6) is 0 Å². The number of pyridine rings is 1. The standard InChI is InChI=1S/C19H24N4O3S.ClH/c1-13-9-14(2)12-23(11-13)27(25,26)17-6-3-15(4-7-17)19(24)22-16-5-8-18(20)21-10-16;/h3-8,10,13-14H,9,11-12H2,1-2H3,(H2,20,21)(H,22,24);1H. The third-order valence-corrected chi connectivity index (χ3v) is 6.48. The Morgan fingerprint density at radius 2 is 1.71 bits per heavy atom. The van der Waals surface area contributed by atoms with E-state index in [1.54, 1.807) is 16.4 Å². The Kier molecular flexibility index (Phi) is 7.03. The van der Waals surface area contributed by atoms with E-state index in [1.165, 1.54) is 30.5 Å². The zero-order chi connectivity index (χ0) is 19.6. The number of nitrogen functional groups attached to an aromatic ring is 1. The Hall–Kier alpha value is -2.16. The van der Waals surface area contributed by atoms with Crippen molar-refractivity contribution in [3.8, 4) is 0 Å². The van der Waals surface area contributed by atoms with Crippen molar-refractivity contribution in [2.75, 3.05) is 24.1 Å². The van der Waals surface area contributed by atoms with E-state index in [9.17, 15) is 13.2 Å². The van der Waals surface area contributed by atoms with Crippen molar-refractivity contribution >= 4 is 39.8 Å². The van der Waals surface area contributed by atoms with Crippen LogP contribution < -0.4 is 11.1 Å². The van der Waals surface area contributed by atoms with Crippen LogP contribution in [0.4, 0.5) is 11.5 Å². The molecule has 28 heavy (non-hydrogen) atoms. The number of nitrogens with two attached hydrogens (primary N) is 1. The first-order valence-corrected chi connectivity index (χ1v) is 10.3. The fraction of sp³-hybridized carbons (Fsp3) is 0.368. The first kappa shape index (κ1) is 22.1. The van der Waals surface area contributed by atoms with Gasteiger partial charge < -0.3 is 11.1 Å². The van der Waals surface area contributed by atoms with Crippen molar-refractivity contribution in [1.82, 2.24) is 9.29 Å². The minimum Gasteiger partial charge on any atom is -0.384 e. The number of hydrogen-bond donors (Lipinski definition) is 2. The smallest absolute Gasteiger partial charge is 0.255 e. The molecule has 0 aliphatic carbocycles. The van der Waals surface area contributed by atoms with Crippen LogP contribution >= 0.6 is 12.4 Å². The molecular formula is C19H25ClN4O3S. The number of aromatic nitrogens is 1. The minimum atomic E-state index is -3.56. The normalized spacial score (nSPS) is 20.2. The number of benzene rings is 1. The molecule has 0 radical (unpaired) electrons. The molecule has 3 rings (SSSR count). The molecule has 7 nitrogen and oxygen atoms in total. The summed E-state index contributed by atoms with van der Waals surface area (Å²) in [6.07, 6.45) is 2.50. The van der Waals surface area contributed by atoms with E-state index >= 15 is 0 Å². The number of hydrogen-bond acceptors (Lipinski definition) is 5. The van der Waals surface area contributed by atoms with Gasteiger partial charge in [-0.2, -0.15) is 4.31 Å². The highest BCUT2D eigenvalue weighted by Crippen LogP contribution is 2.26. The molecule has 2 atom stereocenters. The summed E-state index contributed by atoms with van der Waals surface area (Å²) in [5.74, 6) is 0.693. The highest BCUT2D eigenvalue weighted by atomic mass is 35.5. The number of nitrogens with zero attached hydrogens (tertiary/aromatic N) is 2. The predicted octanol–water partition coefficient (Wildman–Crippen LogP) is 3.00. The fourth-order valence-corrected chi connectivity index (χ4v) is 5.09. The van der Waals surface area contributed by atoms with Gasteiger partial charge in [-0.05, 0) is 54.7 Å². The molecular weight excluding hydrogens is 400 g/mol. The Morgan fingerprint density at radius 1 is 1.11 bits per heavy atom. The Morgan fingerprint density at radius 3 is 2.25 bits per heavy atom. The van der Waals surface area contributed by atoms with Crippen molar-refractivity contribution in [2.45, 2.75) is 25.2 Å². The lowest BCUT2D eigenvalue weighted by Gasteiger charge is -2.34. The van der Waals surface area contributed by atoms with Crippen LogP contribution in [0, 0.1) is 11.8 Å². The van der Waals surface area contributed by atoms with E-state index in [1.807, 2.05) is 0 Å². The molecule has 9 heteroatoms. The van der Waals surface area contributed by atoms with E-state index in [0.717, 1.165) is 6.42 Å². The molecule has 2 unspecified atom stereocenters. The van der Waals surface area contributed by atoms with Gasteiger partial charge in [0, 0.05) is 18.7 Å². The second-order valence-electron chi connectivity index (χ2n) is 7.22. The Labute approximate surface area is 171 Å². The van der Waals surface area contributed by atoms with Gasteiger partial charge in [0.2, 0.25) is 10.0 Å². The van der Waals surface area contributed by atoms with Crippen LogP contribution in [0.3, 0.4) is 0 Å². The van der Waals surface area contributed by atoms with Gasteiger partial charge in [-0.1, -0.05) is 13.8 Å². The third-order valence-electron chi connectivity index (χ3n) is 4.63. The lowest BCUT2D eigenvalue weighted by atomic mass is 9.94. The largest absolute Gasteiger partial charge is 0.384 e. The monoisotopic (exact) mass is 424 g/mol. The number of carbonyl (C=O) groups is 1. The summed E-state index contributed by atoms with van der Waals surface area (Å²) < 4.78 is 27.3. The van der Waals surface area contributed by atoms with Crippen LogP contribution in [-0.4, -0.2) is 36.7 Å². The van der Waals surface area contributed by atoms with Gasteiger partial charge >= 0.3 is 0 Å². The number of piperidine rings is 1. The Balaban J connectivity index is 0.00000280. The summed E-state index contributed by atoms with van der Waals surface area (Å²) in [6.45, 7) is 5.19. The lowest BCUT2D eigenvalue weighted by Crippen LogP contribution is -2.42. The van der Waals surface area contributed by atoms with Crippen LogP contribution in [0.25, 0.3) is 0 Å². The van der Waals surface area contributed by atoms with Gasteiger partial charge in [-0.3, -0.25) is 4.79 Å². The highest BCUT2D eigenvalue weighted by Gasteiger charge is 2.31. The summed E-state index contributed by atoms with van der Waals surface area (Å²) in [5.41, 5.74) is 6.40. The summed E-state index contributed by atoms with van der Waals surface area (Å²) in [7, 11) is -3.56. The summed E-state index contributed by atoms with van der Waals surface area (Å²) in [5, 5.41) is 2.70. The van der Waals surface area contributed by atoms with E-state index in [-0.39, 0.29) is 23.2 Å². The summed E-state index contributed by atoms with van der Waals surface area (Å²) in [6, 6.07) is 9.24. The third kappa shape index (κ3) is 5.01. The molecule has 1 aromatic heterocycles. The molecule has 1 aliphatic heterocycles. The quantitative estimate of drug-likeness (QED) is 0.784. The predicted molar refractivity (Wildman–Crippen MR) is 112 cm³/mol. The SMILES string of the molecule is CC1CC(C)CN(S(=O)(=O)c2ccc(C(=O)Nc3ccc(N)nc3)cc2)C1.Cl. The van der Waals surface area contributed by atoms with Crippen LogP contribution in [0.1, 0.15) is 30.6 Å². The highest BCUT2D eigenvalue weighted by molar-refractivity contribution is 7.89. The molecule has 3 N–H and O–H groups in total. The fourth-order valence-electron chi connectivity index (χ4n) is 3.41. The summed E-state index contributed by atoms with van der Waals surface area (Å²) in [4.78, 5) is 16.4. The molecule has 1 aliphatic rings. The maximum Gasteiger partial charge on any atom is 0.255 e. The van der Waals surface area contributed by atoms with Gasteiger partial charge in [0.1, 0.15) is 5.82 Å². The maximum atomic E-state index is 12.9. The van der Waals surface area contributed by atoms with Crippen molar-refractivity contribution < 1.29 is 13.2 Å². The van der Waals surface area contributed by atoms with Crippen LogP contribution in [0.2, 0.25) is 0 Å². The summed E-state index contributed by atoms with van der Waals surface area (Å²) >= 11 is 0. The van der Waals surface area contributed by atoms with Crippen LogP contribution in [0.15, 0.2) is 47.5 Å². The first-order chi connectivity index (χ1) is 12.8. The van der Waals surface area contributed by atoms with E-state index in [0.29, 0.717) is 42.0 Å². The topological polar surface area (TPSA) is 105 Å². The van der Waals surface area contributed by atoms with Crippen molar-refractivity contribution in [3.63, 3.8) is 0 Å². The van der Waals surface area contributed by atoms with Gasteiger partial charge in [0.15, 0.2) is 0 Å². The number of carbonyl (C=O) groups excluding carboxylic acids is 1. The number of anilines is 2. The minimum absolute atomic E-state index is 0. The number of sulfonamides is 1. The number of halogens is 1. The second kappa shape index (κ2) is 8.89. The molecule has 1 amide bonds.